The van der Waals surface area contributed by atoms with E-state index in [2.05, 4.69) is 35.0 Å². The minimum absolute atomic E-state index is 0.0132. The summed E-state index contributed by atoms with van der Waals surface area (Å²) in [4.78, 5) is 35.9. The first-order chi connectivity index (χ1) is 22.9. The molecule has 0 spiro atoms. The highest BCUT2D eigenvalue weighted by molar-refractivity contribution is 7.59. The van der Waals surface area contributed by atoms with Gasteiger partial charge in [-0.2, -0.15) is 0 Å². The van der Waals surface area contributed by atoms with Crippen LogP contribution in [0.15, 0.2) is 6.33 Å². The second kappa shape index (κ2) is 13.6. The average molecular weight is 755 g/mol. The van der Waals surface area contributed by atoms with Gasteiger partial charge in [-0.25, -0.2) is 13.9 Å². The number of phosphoric acid groups is 2. The van der Waals surface area contributed by atoms with Crippen LogP contribution in [-0.4, -0.2) is 89.5 Å². The van der Waals surface area contributed by atoms with Crippen molar-refractivity contribution in [2.24, 2.45) is 5.92 Å². The molecular weight excluding hydrogens is 710 g/mol. The predicted octanol–water partition coefficient (Wildman–Crippen LogP) is 0.384. The lowest BCUT2D eigenvalue weighted by atomic mass is 10.1. The van der Waals surface area contributed by atoms with Gasteiger partial charge in [-0.15, -0.1) is 0 Å². The van der Waals surface area contributed by atoms with Crippen molar-refractivity contribution in [1.82, 2.24) is 14.5 Å². The van der Waals surface area contributed by atoms with E-state index in [1.165, 1.54) is 30.5 Å². The minimum atomic E-state index is -5.43. The van der Waals surface area contributed by atoms with Crippen LogP contribution in [0.3, 0.4) is 0 Å². The summed E-state index contributed by atoms with van der Waals surface area (Å²) >= 11 is 6.62. The Morgan fingerprint density at radius 3 is 2.14 bits per heavy atom. The van der Waals surface area contributed by atoms with Crippen molar-refractivity contribution in [2.45, 2.75) is 109 Å². The summed E-state index contributed by atoms with van der Waals surface area (Å²) in [5.41, 5.74) is 7.21. The van der Waals surface area contributed by atoms with Crippen LogP contribution in [0.5, 0.6) is 0 Å². The Morgan fingerprint density at radius 2 is 1.53 bits per heavy atom. The normalized spacial score (nSPS) is 39.5. The fourth-order valence-electron chi connectivity index (χ4n) is 7.25. The molecule has 2 aromatic rings. The molecular formula is C28H45ClN6O12P2. The fraction of sp³-hybridized carbons (Fsp3) is 0.821. The lowest BCUT2D eigenvalue weighted by Gasteiger charge is -2.32. The summed E-state index contributed by atoms with van der Waals surface area (Å²) in [7, 11) is -10.8. The molecule has 3 N–H and O–H groups in total. The summed E-state index contributed by atoms with van der Waals surface area (Å²) in [5.74, 6) is -2.40. The zero-order chi connectivity index (χ0) is 35.7. The van der Waals surface area contributed by atoms with E-state index in [1.54, 1.807) is 37.2 Å². The van der Waals surface area contributed by atoms with Gasteiger partial charge in [0.15, 0.2) is 23.3 Å². The van der Waals surface area contributed by atoms with Gasteiger partial charge in [-0.05, 0) is 66.5 Å². The number of hydrogen-bond acceptors (Lipinski definition) is 15. The highest BCUT2D eigenvalue weighted by atomic mass is 35.5. The van der Waals surface area contributed by atoms with Gasteiger partial charge < -0.3 is 53.2 Å². The van der Waals surface area contributed by atoms with Crippen LogP contribution in [0, 0.1) is 5.92 Å². The van der Waals surface area contributed by atoms with E-state index in [-0.39, 0.29) is 28.7 Å². The van der Waals surface area contributed by atoms with E-state index in [0.717, 1.165) is 0 Å². The van der Waals surface area contributed by atoms with Crippen molar-refractivity contribution in [3.63, 3.8) is 0 Å². The van der Waals surface area contributed by atoms with Gasteiger partial charge in [0.1, 0.15) is 30.5 Å². The van der Waals surface area contributed by atoms with Gasteiger partial charge in [-0.3, -0.25) is 13.7 Å². The van der Waals surface area contributed by atoms with Crippen molar-refractivity contribution in [3.8, 4) is 0 Å². The predicted molar refractivity (Wildman–Crippen MR) is 167 cm³/mol. The SMILES string of the molecule is CC1(C)O[C@@H]2[C@H]3COP(=O)([O-])OP(=O)([O-])OC[C@H]4O[C@H]([C@@H]5OC(C)(C)O[C@@H]54)n4c(Cl)nc5c(N)[n+](cnc54)[C@H](C3)[C@@H]2O1.CC[NH+](CC)CC. The smallest absolute Gasteiger partial charge is 0.274 e. The molecule has 49 heavy (non-hydrogen) atoms. The van der Waals surface area contributed by atoms with Crippen LogP contribution in [-0.2, 0) is 46.2 Å². The molecule has 21 heteroatoms. The van der Waals surface area contributed by atoms with Crippen LogP contribution >= 0.6 is 27.2 Å². The molecule has 0 radical (unpaired) electrons. The number of hydrogen-bond donors (Lipinski definition) is 2. The third kappa shape index (κ3) is 7.46. The number of nitrogens with two attached hydrogens (primary N) is 1. The maximum Gasteiger partial charge on any atom is 0.274 e. The van der Waals surface area contributed by atoms with Gasteiger partial charge in [0.25, 0.3) is 21.5 Å². The number of nitrogens with one attached hydrogen (secondary N) is 1. The molecule has 5 aliphatic heterocycles. The molecule has 8 rings (SSSR count). The van der Waals surface area contributed by atoms with Crippen molar-refractivity contribution in [1.29, 1.82) is 0 Å². The number of nitrogen functional groups attached to an aromatic ring is 1. The molecule has 2 unspecified atom stereocenters. The molecule has 2 aromatic heterocycles. The number of ether oxygens (including phenoxy) is 5. The van der Waals surface area contributed by atoms with E-state index in [9.17, 15) is 18.9 Å². The lowest BCUT2D eigenvalue weighted by molar-refractivity contribution is -0.894. The van der Waals surface area contributed by atoms with Gasteiger partial charge in [-0.1, -0.05) is 4.98 Å². The third-order valence-electron chi connectivity index (χ3n) is 9.50. The number of anilines is 1. The van der Waals surface area contributed by atoms with E-state index < -0.39 is 89.1 Å². The molecule has 10 atom stereocenters. The highest BCUT2D eigenvalue weighted by Gasteiger charge is 2.58. The molecule has 276 valence electrons. The second-order valence-corrected chi connectivity index (χ2v) is 16.9. The minimum Gasteiger partial charge on any atom is -0.756 e. The molecule has 6 aliphatic rings. The standard InChI is InChI=1S/C22H30ClN5O12P2.C6H15N/c1-21(2)36-13-9-5-10(14(13)37-21)27-8-25-18-12(17(27)24)26-20(23)28(18)19-16-15(38-22(3,4)39-16)11(35-19)7-34-42(31,32)40-41(29,30)33-6-9;1-4-7(5-2)6-3/h8-11,13-16,19,24H,5-7H2,1-4H3,(H2,29,30,31,32);4-6H2,1-3H3/t9-,10-,11-,13-,14+,15-,16-,19-;/m1./s1. The number of rotatable bonds is 3. The fourth-order valence-corrected chi connectivity index (χ4v) is 9.57. The summed E-state index contributed by atoms with van der Waals surface area (Å²) in [6.45, 7) is 16.2. The Labute approximate surface area is 289 Å². The largest absolute Gasteiger partial charge is 0.756 e. The van der Waals surface area contributed by atoms with E-state index in [0.29, 0.717) is 0 Å². The molecule has 0 aromatic carbocycles. The number of quaternary nitrogens is 1. The van der Waals surface area contributed by atoms with E-state index in [1.807, 2.05) is 0 Å². The number of aromatic nitrogens is 4. The number of imidazole rings is 1. The zero-order valence-electron chi connectivity index (χ0n) is 28.5. The summed E-state index contributed by atoms with van der Waals surface area (Å²) < 4.78 is 73.0. The Balaban J connectivity index is 0.000000540. The van der Waals surface area contributed by atoms with Gasteiger partial charge in [0.2, 0.25) is 17.3 Å². The highest BCUT2D eigenvalue weighted by Crippen LogP contribution is 2.57. The van der Waals surface area contributed by atoms with Crippen molar-refractivity contribution >= 4 is 44.2 Å². The maximum atomic E-state index is 12.6. The first-order valence-electron chi connectivity index (χ1n) is 16.4. The molecule has 4 fully saturated rings. The van der Waals surface area contributed by atoms with Gasteiger partial charge in [0.05, 0.1) is 39.0 Å². The van der Waals surface area contributed by atoms with Crippen LogP contribution in [0.25, 0.3) is 11.2 Å². The quantitative estimate of drug-likeness (QED) is 0.246. The maximum absolute atomic E-state index is 12.6. The van der Waals surface area contributed by atoms with Crippen LogP contribution in [0.2, 0.25) is 5.28 Å². The molecule has 3 saturated heterocycles. The third-order valence-corrected chi connectivity index (χ3v) is 12.3. The second-order valence-electron chi connectivity index (χ2n) is 13.6. The Bertz CT molecular complexity index is 1640. The Kier molecular flexibility index (Phi) is 10.4. The van der Waals surface area contributed by atoms with Crippen LogP contribution < -0.4 is 25.0 Å². The number of nitrogens with zero attached hydrogens (tertiary/aromatic N) is 4. The van der Waals surface area contributed by atoms with Crippen LogP contribution in [0.4, 0.5) is 5.82 Å². The van der Waals surface area contributed by atoms with Crippen LogP contribution in [0.1, 0.15) is 67.2 Å². The molecule has 0 amide bonds. The first kappa shape index (κ1) is 37.4. The first-order valence-corrected chi connectivity index (χ1v) is 19.7. The number of phosphoric ester groups is 2. The van der Waals surface area contributed by atoms with E-state index in [4.69, 9.17) is 50.1 Å². The van der Waals surface area contributed by atoms with Crippen molar-refractivity contribution in [2.75, 3.05) is 38.6 Å². The molecule has 1 saturated carbocycles. The monoisotopic (exact) mass is 754 g/mol. The van der Waals surface area contributed by atoms with Crippen molar-refractivity contribution in [3.05, 3.63) is 11.6 Å². The van der Waals surface area contributed by atoms with Crippen molar-refractivity contribution < 1.29 is 65.4 Å². The summed E-state index contributed by atoms with van der Waals surface area (Å²) in [5, 5.41) is -0.0132. The van der Waals surface area contributed by atoms with Gasteiger partial charge >= 0.3 is 0 Å². The lowest BCUT2D eigenvalue weighted by Crippen LogP contribution is -3.11. The molecule has 1 aliphatic carbocycles. The topological polar surface area (TPSA) is 219 Å². The average Bonchev–Trinajstić information content (AvgIpc) is 3.76. The summed E-state index contributed by atoms with van der Waals surface area (Å²) in [6.07, 6.45) is -3.06. The van der Waals surface area contributed by atoms with E-state index >= 15 is 0 Å². The molecule has 8 bridgehead atoms. The summed E-state index contributed by atoms with van der Waals surface area (Å²) in [6, 6.07) is -0.477. The number of fused-ring (bicyclic) bond motifs is 9. The molecule has 7 heterocycles. The van der Waals surface area contributed by atoms with Gasteiger partial charge in [0, 0.05) is 5.92 Å². The Morgan fingerprint density at radius 1 is 0.959 bits per heavy atom. The number of halogens is 1. The molecule has 18 nitrogen and oxygen atoms in total. The Hall–Kier alpha value is -1.34. The zero-order valence-corrected chi connectivity index (χ0v) is 31.0.